The minimum absolute atomic E-state index is 0.0391. The number of para-hydroxylation sites is 2. The molecule has 170 valence electrons. The molecule has 32 heavy (non-hydrogen) atoms. The van der Waals surface area contributed by atoms with Gasteiger partial charge in [-0.1, -0.05) is 32.4 Å². The highest BCUT2D eigenvalue weighted by Crippen LogP contribution is 2.31. The highest BCUT2D eigenvalue weighted by Gasteiger charge is 2.29. The molecule has 4 rings (SSSR count). The molecule has 1 aliphatic rings. The molecule has 0 aliphatic carbocycles. The Morgan fingerprint density at radius 2 is 1.94 bits per heavy atom. The summed E-state index contributed by atoms with van der Waals surface area (Å²) in [7, 11) is 0. The van der Waals surface area contributed by atoms with Gasteiger partial charge in [0.1, 0.15) is 19.0 Å². The second-order valence-electron chi connectivity index (χ2n) is 7.59. The number of H-pyrrole nitrogens is 1. The Morgan fingerprint density at radius 1 is 1.16 bits per heavy atom. The van der Waals surface area contributed by atoms with Crippen LogP contribution in [0.1, 0.15) is 38.9 Å². The third-order valence-electron chi connectivity index (χ3n) is 5.26. The maximum atomic E-state index is 12.6. The number of nitrogens with one attached hydrogen (secondary N) is 1. The lowest BCUT2D eigenvalue weighted by Crippen LogP contribution is -2.37. The number of carbonyl (C=O) groups is 1. The number of benzene rings is 1. The quantitative estimate of drug-likeness (QED) is 0.530. The fourth-order valence-electron chi connectivity index (χ4n) is 3.68. The van der Waals surface area contributed by atoms with Crippen molar-refractivity contribution in [3.8, 4) is 11.5 Å². The zero-order valence-corrected chi connectivity index (χ0v) is 18.1. The van der Waals surface area contributed by atoms with Crippen molar-refractivity contribution in [1.29, 1.82) is 0 Å². The molecule has 10 heteroatoms. The Kier molecular flexibility index (Phi) is 6.29. The van der Waals surface area contributed by atoms with E-state index in [1.807, 2.05) is 19.9 Å². The number of esters is 1. The summed E-state index contributed by atoms with van der Waals surface area (Å²) in [5, 5.41) is 0. The summed E-state index contributed by atoms with van der Waals surface area (Å²) in [5.41, 5.74) is -0.387. The van der Waals surface area contributed by atoms with Crippen molar-refractivity contribution < 1.29 is 19.0 Å². The van der Waals surface area contributed by atoms with Crippen LogP contribution in [0.25, 0.3) is 11.2 Å². The van der Waals surface area contributed by atoms with Crippen LogP contribution in [0.15, 0.2) is 33.9 Å². The summed E-state index contributed by atoms with van der Waals surface area (Å²) >= 11 is 0. The molecule has 1 aliphatic heterocycles. The summed E-state index contributed by atoms with van der Waals surface area (Å²) < 4.78 is 19.9. The van der Waals surface area contributed by atoms with E-state index in [0.717, 1.165) is 19.3 Å². The van der Waals surface area contributed by atoms with Crippen LogP contribution in [0, 0.1) is 0 Å². The number of ether oxygens (including phenoxy) is 3. The molecule has 1 unspecified atom stereocenters. The predicted molar refractivity (Wildman–Crippen MR) is 116 cm³/mol. The van der Waals surface area contributed by atoms with Crippen LogP contribution in [0.2, 0.25) is 0 Å². The zero-order valence-electron chi connectivity index (χ0n) is 18.1. The second kappa shape index (κ2) is 9.29. The number of nitrogens with zero attached hydrogens (tertiary/aromatic N) is 3. The molecule has 0 spiro atoms. The first kappa shape index (κ1) is 21.7. The van der Waals surface area contributed by atoms with Gasteiger partial charge in [-0.15, -0.1) is 0 Å². The van der Waals surface area contributed by atoms with Gasteiger partial charge in [0.2, 0.25) is 6.10 Å². The molecule has 1 aromatic carbocycles. The first-order valence-corrected chi connectivity index (χ1v) is 10.8. The van der Waals surface area contributed by atoms with Crippen molar-refractivity contribution >= 4 is 17.1 Å². The molecular formula is C22H26N4O6. The largest absolute Gasteiger partial charge is 0.485 e. The number of hydrogen-bond acceptors (Lipinski definition) is 7. The minimum Gasteiger partial charge on any atom is -0.485 e. The molecule has 0 radical (unpaired) electrons. The summed E-state index contributed by atoms with van der Waals surface area (Å²) in [4.78, 5) is 44.4. The molecule has 2 aromatic heterocycles. The first-order chi connectivity index (χ1) is 15.5. The van der Waals surface area contributed by atoms with Gasteiger partial charge in [-0.05, 0) is 25.0 Å². The Balaban J connectivity index is 1.59. The van der Waals surface area contributed by atoms with Gasteiger partial charge in [0, 0.05) is 13.1 Å². The lowest BCUT2D eigenvalue weighted by atomic mass is 10.2. The van der Waals surface area contributed by atoms with Gasteiger partial charge in [-0.2, -0.15) is 0 Å². The molecule has 0 saturated carbocycles. The van der Waals surface area contributed by atoms with Crippen LogP contribution in [0.5, 0.6) is 11.5 Å². The van der Waals surface area contributed by atoms with E-state index >= 15 is 0 Å². The molecule has 0 saturated heterocycles. The van der Waals surface area contributed by atoms with E-state index in [2.05, 4.69) is 9.97 Å². The SMILES string of the molecule is CCCCn1c(=O)[nH]c(=O)c2c1nc(COC(=O)C1COc3ccccc3O1)n2CCC. The number of carbonyl (C=O) groups excluding carboxylic acids is 1. The third-order valence-corrected chi connectivity index (χ3v) is 5.26. The Hall–Kier alpha value is -3.56. The second-order valence-corrected chi connectivity index (χ2v) is 7.59. The van der Waals surface area contributed by atoms with Gasteiger partial charge in [-0.3, -0.25) is 14.3 Å². The van der Waals surface area contributed by atoms with Crippen LogP contribution in [-0.2, 0) is 29.2 Å². The molecule has 3 heterocycles. The third kappa shape index (κ3) is 4.12. The number of aromatic amines is 1. The van der Waals surface area contributed by atoms with Crippen LogP contribution in [0.4, 0.5) is 0 Å². The average molecular weight is 442 g/mol. The molecule has 3 aromatic rings. The van der Waals surface area contributed by atoms with E-state index in [0.29, 0.717) is 41.6 Å². The van der Waals surface area contributed by atoms with Crippen LogP contribution >= 0.6 is 0 Å². The van der Waals surface area contributed by atoms with E-state index in [1.54, 1.807) is 22.8 Å². The highest BCUT2D eigenvalue weighted by atomic mass is 16.6. The van der Waals surface area contributed by atoms with Crippen molar-refractivity contribution in [2.75, 3.05) is 6.61 Å². The minimum atomic E-state index is -0.903. The molecule has 10 nitrogen and oxygen atoms in total. The van der Waals surface area contributed by atoms with Crippen LogP contribution < -0.4 is 20.7 Å². The van der Waals surface area contributed by atoms with Crippen molar-refractivity contribution in [3.05, 3.63) is 50.9 Å². The number of rotatable bonds is 8. The maximum absolute atomic E-state index is 12.6. The summed E-state index contributed by atoms with van der Waals surface area (Å²) in [6.07, 6.45) is 1.49. The summed E-state index contributed by atoms with van der Waals surface area (Å²) in [6, 6.07) is 7.09. The Labute approximate surface area is 183 Å². The van der Waals surface area contributed by atoms with Crippen molar-refractivity contribution in [2.24, 2.45) is 0 Å². The Morgan fingerprint density at radius 3 is 2.69 bits per heavy atom. The number of aromatic nitrogens is 4. The van der Waals surface area contributed by atoms with Gasteiger partial charge in [0.25, 0.3) is 5.56 Å². The monoisotopic (exact) mass is 442 g/mol. The average Bonchev–Trinajstić information content (AvgIpc) is 3.15. The van der Waals surface area contributed by atoms with Gasteiger partial charge in [-0.25, -0.2) is 14.6 Å². The summed E-state index contributed by atoms with van der Waals surface area (Å²) in [6.45, 7) is 4.80. The van der Waals surface area contributed by atoms with Gasteiger partial charge < -0.3 is 18.8 Å². The van der Waals surface area contributed by atoms with Gasteiger partial charge in [0.05, 0.1) is 0 Å². The van der Waals surface area contributed by atoms with Gasteiger partial charge >= 0.3 is 11.7 Å². The lowest BCUT2D eigenvalue weighted by Gasteiger charge is -2.24. The molecular weight excluding hydrogens is 416 g/mol. The highest BCUT2D eigenvalue weighted by molar-refractivity contribution is 5.76. The van der Waals surface area contributed by atoms with Crippen molar-refractivity contribution in [3.63, 3.8) is 0 Å². The molecule has 0 amide bonds. The number of fused-ring (bicyclic) bond motifs is 2. The molecule has 1 N–H and O–H groups in total. The lowest BCUT2D eigenvalue weighted by molar-refractivity contribution is -0.156. The smallest absolute Gasteiger partial charge is 0.351 e. The standard InChI is InChI=1S/C22H26N4O6/c1-3-5-11-26-19-18(20(27)24-22(26)29)25(10-4-2)17(23-19)13-31-21(28)16-12-30-14-8-6-7-9-15(14)32-16/h6-9,16H,3-5,10-13H2,1-2H3,(H,24,27,29). The number of unbranched alkanes of at least 4 members (excludes halogenated alkanes) is 1. The van der Waals surface area contributed by atoms with Crippen LogP contribution in [-0.4, -0.2) is 37.8 Å². The first-order valence-electron chi connectivity index (χ1n) is 10.8. The zero-order chi connectivity index (χ0) is 22.7. The predicted octanol–water partition coefficient (Wildman–Crippen LogP) is 1.98. The number of hydrogen-bond donors (Lipinski definition) is 1. The fourth-order valence-corrected chi connectivity index (χ4v) is 3.68. The molecule has 0 fully saturated rings. The van der Waals surface area contributed by atoms with Crippen LogP contribution in [0.3, 0.4) is 0 Å². The van der Waals surface area contributed by atoms with E-state index in [4.69, 9.17) is 14.2 Å². The maximum Gasteiger partial charge on any atom is 0.351 e. The number of imidazole rings is 1. The molecule has 0 bridgehead atoms. The van der Waals surface area contributed by atoms with E-state index in [9.17, 15) is 14.4 Å². The molecule has 1 atom stereocenters. The van der Waals surface area contributed by atoms with E-state index in [-0.39, 0.29) is 13.2 Å². The Bertz CT molecular complexity index is 1240. The number of aryl methyl sites for hydroxylation is 2. The van der Waals surface area contributed by atoms with E-state index < -0.39 is 23.3 Å². The van der Waals surface area contributed by atoms with E-state index in [1.165, 1.54) is 4.57 Å². The summed E-state index contributed by atoms with van der Waals surface area (Å²) in [5.74, 6) is 0.858. The van der Waals surface area contributed by atoms with Crippen molar-refractivity contribution in [2.45, 2.75) is 58.9 Å². The normalized spacial score (nSPS) is 15.1. The fraction of sp³-hybridized carbons (Fsp3) is 0.455. The van der Waals surface area contributed by atoms with Gasteiger partial charge in [0.15, 0.2) is 22.7 Å². The topological polar surface area (TPSA) is 117 Å². The van der Waals surface area contributed by atoms with Crippen molar-refractivity contribution in [1.82, 2.24) is 19.1 Å².